The number of rotatable bonds is 10. The molecule has 0 N–H and O–H groups in total. The third kappa shape index (κ3) is 5.82. The third-order valence-electron chi connectivity index (χ3n) is 3.88. The van der Waals surface area contributed by atoms with Gasteiger partial charge in [-0.1, -0.05) is 31.7 Å². The molecule has 0 bridgehead atoms. The number of aromatic nitrogens is 1. The summed E-state index contributed by atoms with van der Waals surface area (Å²) in [4.78, 5) is 4.78. The maximum Gasteiger partial charge on any atom is 0.289 e. The summed E-state index contributed by atoms with van der Waals surface area (Å²) in [6.45, 7) is 4.38. The number of alkyl halides is 2. The molecule has 0 unspecified atom stereocenters. The van der Waals surface area contributed by atoms with Gasteiger partial charge in [0.05, 0.1) is 17.0 Å². The first kappa shape index (κ1) is 22.9. The Morgan fingerprint density at radius 1 is 1.18 bits per heavy atom. The zero-order chi connectivity index (χ0) is 20.7. The molecule has 0 aliphatic carbocycles. The van der Waals surface area contributed by atoms with Crippen molar-refractivity contribution >= 4 is 33.5 Å². The van der Waals surface area contributed by atoms with Crippen LogP contribution in [-0.4, -0.2) is 43.7 Å². The molecule has 0 radical (unpaired) electrons. The van der Waals surface area contributed by atoms with Gasteiger partial charge in [-0.3, -0.25) is 0 Å². The highest BCUT2D eigenvalue weighted by molar-refractivity contribution is 7.99. The second kappa shape index (κ2) is 10.4. The smallest absolute Gasteiger partial charge is 0.289 e. The summed E-state index contributed by atoms with van der Waals surface area (Å²) in [5.41, 5.74) is 0.891. The quantitative estimate of drug-likeness (QED) is 0.490. The van der Waals surface area contributed by atoms with Gasteiger partial charge in [-0.05, 0) is 29.8 Å². The number of sulfonamides is 1. The fraction of sp³-hybridized carbons (Fsp3) is 0.389. The molecule has 0 aliphatic rings. The predicted octanol–water partition coefficient (Wildman–Crippen LogP) is 4.73. The molecule has 0 amide bonds. The first-order valence-corrected chi connectivity index (χ1v) is 11.8. The van der Waals surface area contributed by atoms with Gasteiger partial charge in [-0.15, -0.1) is 11.8 Å². The fourth-order valence-electron chi connectivity index (χ4n) is 2.47. The molecule has 1 aromatic carbocycles. The van der Waals surface area contributed by atoms with Gasteiger partial charge in [-0.2, -0.15) is 13.1 Å². The minimum atomic E-state index is -3.53. The molecule has 2 rings (SSSR count). The predicted molar refractivity (Wildman–Crippen MR) is 109 cm³/mol. The highest BCUT2D eigenvalue weighted by Crippen LogP contribution is 2.35. The average molecular weight is 449 g/mol. The number of halogens is 2. The number of pyridine rings is 1. The SMILES string of the molecule is CCN(CC)S(=O)(=O)c1ccc(SCc2ccc(SC(F)F)c(OC)c2)nc1. The van der Waals surface area contributed by atoms with Crippen LogP contribution in [0.4, 0.5) is 8.78 Å². The Bertz CT molecular complexity index is 874. The molecule has 28 heavy (non-hydrogen) atoms. The van der Waals surface area contributed by atoms with E-state index in [1.165, 1.54) is 29.4 Å². The van der Waals surface area contributed by atoms with Gasteiger partial charge in [0.2, 0.25) is 10.0 Å². The van der Waals surface area contributed by atoms with Crippen molar-refractivity contribution in [3.05, 3.63) is 42.1 Å². The number of thioether (sulfide) groups is 2. The van der Waals surface area contributed by atoms with Crippen molar-refractivity contribution in [3.63, 3.8) is 0 Å². The van der Waals surface area contributed by atoms with Crippen LogP contribution in [0.1, 0.15) is 19.4 Å². The van der Waals surface area contributed by atoms with Crippen molar-refractivity contribution < 1.29 is 21.9 Å². The molecule has 1 aromatic heterocycles. The lowest BCUT2D eigenvalue weighted by Gasteiger charge is -2.18. The number of hydrogen-bond donors (Lipinski definition) is 0. The van der Waals surface area contributed by atoms with Crippen LogP contribution in [-0.2, 0) is 15.8 Å². The lowest BCUT2D eigenvalue weighted by Crippen LogP contribution is -2.30. The fourth-order valence-corrected chi connectivity index (χ4v) is 5.26. The van der Waals surface area contributed by atoms with Gasteiger partial charge in [0.15, 0.2) is 0 Å². The van der Waals surface area contributed by atoms with Crippen LogP contribution < -0.4 is 4.74 Å². The summed E-state index contributed by atoms with van der Waals surface area (Å²) >= 11 is 1.87. The minimum absolute atomic E-state index is 0.163. The van der Waals surface area contributed by atoms with E-state index in [-0.39, 0.29) is 4.90 Å². The van der Waals surface area contributed by atoms with Gasteiger partial charge in [0.1, 0.15) is 10.6 Å². The number of methoxy groups -OCH3 is 1. The standard InChI is InChI=1S/C18H22F2N2O3S3/c1-4-22(5-2)28(23,24)14-7-9-17(21-11-14)26-12-13-6-8-16(27-18(19)20)15(10-13)25-3/h6-11,18H,4-5,12H2,1-3H3. The van der Waals surface area contributed by atoms with Gasteiger partial charge >= 0.3 is 0 Å². The number of ether oxygens (including phenoxy) is 1. The number of nitrogens with zero attached hydrogens (tertiary/aromatic N) is 2. The first-order valence-electron chi connectivity index (χ1n) is 8.52. The molecule has 0 saturated heterocycles. The normalized spacial score (nSPS) is 12.0. The maximum atomic E-state index is 12.6. The van der Waals surface area contributed by atoms with Crippen molar-refractivity contribution in [2.45, 2.75) is 40.2 Å². The minimum Gasteiger partial charge on any atom is -0.496 e. The highest BCUT2D eigenvalue weighted by Gasteiger charge is 2.21. The number of benzene rings is 1. The summed E-state index contributed by atoms with van der Waals surface area (Å²) in [6.07, 6.45) is 1.36. The van der Waals surface area contributed by atoms with E-state index in [4.69, 9.17) is 4.74 Å². The Labute approximate surface area is 172 Å². The molecule has 0 fully saturated rings. The van der Waals surface area contributed by atoms with Crippen LogP contribution in [0.2, 0.25) is 0 Å². The van der Waals surface area contributed by atoms with Gasteiger partial charge in [0, 0.05) is 25.0 Å². The van der Waals surface area contributed by atoms with E-state index < -0.39 is 15.8 Å². The summed E-state index contributed by atoms with van der Waals surface area (Å²) in [7, 11) is -2.08. The second-order valence-electron chi connectivity index (χ2n) is 5.57. The summed E-state index contributed by atoms with van der Waals surface area (Å²) in [5.74, 6) is -1.56. The Morgan fingerprint density at radius 2 is 1.89 bits per heavy atom. The van der Waals surface area contributed by atoms with E-state index >= 15 is 0 Å². The monoisotopic (exact) mass is 448 g/mol. The molecular weight excluding hydrogens is 426 g/mol. The second-order valence-corrected chi connectivity index (χ2v) is 9.54. The van der Waals surface area contributed by atoms with Crippen molar-refractivity contribution in [2.24, 2.45) is 0 Å². The summed E-state index contributed by atoms with van der Waals surface area (Å²) < 4.78 is 56.6. The van der Waals surface area contributed by atoms with Crippen molar-refractivity contribution in [1.82, 2.24) is 9.29 Å². The molecule has 0 saturated carbocycles. The molecule has 5 nitrogen and oxygen atoms in total. The Morgan fingerprint density at radius 3 is 2.43 bits per heavy atom. The van der Waals surface area contributed by atoms with Crippen LogP contribution >= 0.6 is 23.5 Å². The zero-order valence-electron chi connectivity index (χ0n) is 15.8. The average Bonchev–Trinajstić information content (AvgIpc) is 2.67. The van der Waals surface area contributed by atoms with Crippen molar-refractivity contribution in [1.29, 1.82) is 0 Å². The third-order valence-corrected chi connectivity index (χ3v) is 7.70. The summed E-state index contributed by atoms with van der Waals surface area (Å²) in [6, 6.07) is 8.31. The molecule has 0 spiro atoms. The van der Waals surface area contributed by atoms with Crippen LogP contribution in [0.5, 0.6) is 5.75 Å². The molecular formula is C18H22F2N2O3S3. The largest absolute Gasteiger partial charge is 0.496 e. The van der Waals surface area contributed by atoms with Crippen LogP contribution in [0.15, 0.2) is 51.3 Å². The Kier molecular flexibility index (Phi) is 8.54. The van der Waals surface area contributed by atoms with Crippen LogP contribution in [0.25, 0.3) is 0 Å². The molecule has 2 aromatic rings. The van der Waals surface area contributed by atoms with Crippen molar-refractivity contribution in [2.75, 3.05) is 20.2 Å². The van der Waals surface area contributed by atoms with Gasteiger partial charge < -0.3 is 4.74 Å². The van der Waals surface area contributed by atoms with Gasteiger partial charge in [-0.25, -0.2) is 13.4 Å². The molecule has 0 aliphatic heterocycles. The van der Waals surface area contributed by atoms with E-state index in [0.29, 0.717) is 46.3 Å². The molecule has 0 atom stereocenters. The van der Waals surface area contributed by atoms with Crippen LogP contribution in [0.3, 0.4) is 0 Å². The van der Waals surface area contributed by atoms with E-state index in [1.807, 2.05) is 0 Å². The van der Waals surface area contributed by atoms with Gasteiger partial charge in [0.25, 0.3) is 5.76 Å². The molecule has 154 valence electrons. The molecule has 1 heterocycles. The molecule has 10 heteroatoms. The van der Waals surface area contributed by atoms with E-state index in [1.54, 1.807) is 44.2 Å². The lowest BCUT2D eigenvalue weighted by atomic mass is 10.2. The Balaban J connectivity index is 2.07. The lowest BCUT2D eigenvalue weighted by molar-refractivity contribution is 0.251. The van der Waals surface area contributed by atoms with Crippen LogP contribution in [0, 0.1) is 0 Å². The number of hydrogen-bond acceptors (Lipinski definition) is 6. The van der Waals surface area contributed by atoms with E-state index in [0.717, 1.165) is 5.56 Å². The topological polar surface area (TPSA) is 59.5 Å². The first-order chi connectivity index (χ1) is 13.3. The van der Waals surface area contributed by atoms with E-state index in [2.05, 4.69) is 4.98 Å². The maximum absolute atomic E-state index is 12.6. The van der Waals surface area contributed by atoms with E-state index in [9.17, 15) is 17.2 Å². The summed E-state index contributed by atoms with van der Waals surface area (Å²) in [5, 5.41) is 0.670. The Hall–Kier alpha value is -1.36. The zero-order valence-corrected chi connectivity index (χ0v) is 18.2. The highest BCUT2D eigenvalue weighted by atomic mass is 32.2. The van der Waals surface area contributed by atoms with Crippen molar-refractivity contribution in [3.8, 4) is 5.75 Å².